The van der Waals surface area contributed by atoms with Crippen LogP contribution in [0.1, 0.15) is 43.9 Å². The van der Waals surface area contributed by atoms with Gasteiger partial charge in [0.15, 0.2) is 0 Å². The molecule has 2 aliphatic rings. The van der Waals surface area contributed by atoms with Crippen molar-refractivity contribution in [2.75, 3.05) is 31.6 Å². The van der Waals surface area contributed by atoms with Crippen molar-refractivity contribution in [1.29, 1.82) is 0 Å². The van der Waals surface area contributed by atoms with E-state index in [1.807, 2.05) is 31.7 Å². The Morgan fingerprint density at radius 2 is 1.81 bits per heavy atom. The van der Waals surface area contributed by atoms with E-state index in [1.165, 1.54) is 39.9 Å². The minimum absolute atomic E-state index is 0.217. The van der Waals surface area contributed by atoms with Crippen LogP contribution in [0.5, 0.6) is 5.75 Å². The van der Waals surface area contributed by atoms with Gasteiger partial charge in [0, 0.05) is 30.9 Å². The van der Waals surface area contributed by atoms with Gasteiger partial charge >= 0.3 is 6.09 Å². The summed E-state index contributed by atoms with van der Waals surface area (Å²) in [6.45, 7) is 8.18. The van der Waals surface area contributed by atoms with Crippen molar-refractivity contribution in [3.8, 4) is 16.9 Å². The molecular weight excluding hydrogens is 387 g/mol. The summed E-state index contributed by atoms with van der Waals surface area (Å²) in [6, 6.07) is 10.8. The van der Waals surface area contributed by atoms with Gasteiger partial charge in [-0.3, -0.25) is 0 Å². The lowest BCUT2D eigenvalue weighted by molar-refractivity contribution is 0.0258. The summed E-state index contributed by atoms with van der Waals surface area (Å²) >= 11 is 0. The zero-order valence-corrected chi connectivity index (χ0v) is 19.5. The van der Waals surface area contributed by atoms with Gasteiger partial charge in [-0.25, -0.2) is 4.79 Å². The molecule has 1 amide bonds. The van der Waals surface area contributed by atoms with Crippen LogP contribution in [0.2, 0.25) is 0 Å². The van der Waals surface area contributed by atoms with Crippen LogP contribution in [0.4, 0.5) is 10.5 Å². The predicted molar refractivity (Wildman–Crippen MR) is 128 cm³/mol. The molecule has 0 saturated carbocycles. The van der Waals surface area contributed by atoms with Crippen LogP contribution in [-0.4, -0.2) is 51.3 Å². The van der Waals surface area contributed by atoms with E-state index in [2.05, 4.69) is 37.1 Å². The lowest BCUT2D eigenvalue weighted by Gasteiger charge is -2.33. The average Bonchev–Trinajstić information content (AvgIpc) is 2.94. The Bertz CT molecular complexity index is 983. The summed E-state index contributed by atoms with van der Waals surface area (Å²) in [5.41, 5.74) is 7.47. The van der Waals surface area contributed by atoms with Gasteiger partial charge in [0.25, 0.3) is 0 Å². The third kappa shape index (κ3) is 4.53. The zero-order chi connectivity index (χ0) is 22.2. The quantitative estimate of drug-likeness (QED) is 0.689. The normalized spacial score (nSPS) is 16.3. The summed E-state index contributed by atoms with van der Waals surface area (Å²) in [4.78, 5) is 17.0. The number of benzene rings is 2. The molecule has 0 saturated heterocycles. The van der Waals surface area contributed by atoms with E-state index < -0.39 is 5.60 Å². The second-order valence-electron chi connectivity index (χ2n) is 9.62. The molecule has 0 atom stereocenters. The third-order valence-electron chi connectivity index (χ3n) is 6.19. The smallest absolute Gasteiger partial charge is 0.410 e. The molecule has 0 aromatic heterocycles. The number of carbonyl (C=O) groups excluding carboxylic acids is 1. The maximum Gasteiger partial charge on any atom is 0.410 e. The van der Waals surface area contributed by atoms with E-state index in [9.17, 15) is 4.79 Å². The van der Waals surface area contributed by atoms with Crippen molar-refractivity contribution >= 4 is 19.8 Å². The highest BCUT2D eigenvalue weighted by atomic mass is 16.6. The van der Waals surface area contributed by atoms with E-state index in [-0.39, 0.29) is 6.09 Å². The molecule has 2 aliphatic heterocycles. The van der Waals surface area contributed by atoms with Crippen LogP contribution in [0.15, 0.2) is 30.3 Å². The first-order valence-corrected chi connectivity index (χ1v) is 11.3. The number of anilines is 1. The maximum absolute atomic E-state index is 12.7. The topological polar surface area (TPSA) is 42.0 Å². The van der Waals surface area contributed by atoms with Gasteiger partial charge < -0.3 is 19.2 Å². The van der Waals surface area contributed by atoms with Gasteiger partial charge in [-0.05, 0) is 80.8 Å². The summed E-state index contributed by atoms with van der Waals surface area (Å²) in [6.07, 6.45) is 3.72. The number of rotatable bonds is 2. The lowest BCUT2D eigenvalue weighted by Crippen LogP contribution is -2.38. The molecule has 2 heterocycles. The maximum atomic E-state index is 12.7. The van der Waals surface area contributed by atoms with E-state index in [4.69, 9.17) is 9.47 Å². The Hall–Kier alpha value is -2.63. The second kappa shape index (κ2) is 8.48. The molecule has 0 fully saturated rings. The number of fused-ring (bicyclic) bond motifs is 2. The fourth-order valence-electron chi connectivity index (χ4n) is 4.80. The molecule has 5 nitrogen and oxygen atoms in total. The van der Waals surface area contributed by atoms with Crippen LogP contribution in [0.25, 0.3) is 11.1 Å². The van der Waals surface area contributed by atoms with Crippen LogP contribution in [0.3, 0.4) is 0 Å². The molecule has 31 heavy (non-hydrogen) atoms. The predicted octanol–water partition coefficient (Wildman–Crippen LogP) is 4.00. The first kappa shape index (κ1) is 21.6. The van der Waals surface area contributed by atoms with Gasteiger partial charge in [-0.15, -0.1) is 0 Å². The van der Waals surface area contributed by atoms with Crippen molar-refractivity contribution in [2.45, 2.75) is 52.1 Å². The summed E-state index contributed by atoms with van der Waals surface area (Å²) in [5.74, 6) is 0.867. The molecular formula is C25H33BN2O3. The van der Waals surface area contributed by atoms with Crippen LogP contribution >= 0.6 is 0 Å². The molecule has 0 aliphatic carbocycles. The Kier molecular flexibility index (Phi) is 5.91. The highest BCUT2D eigenvalue weighted by Crippen LogP contribution is 2.43. The summed E-state index contributed by atoms with van der Waals surface area (Å²) < 4.78 is 11.2. The lowest BCUT2D eigenvalue weighted by atomic mass is 9.84. The van der Waals surface area contributed by atoms with Crippen molar-refractivity contribution < 1.29 is 14.3 Å². The molecule has 0 bridgehead atoms. The highest BCUT2D eigenvalue weighted by Gasteiger charge is 2.29. The Morgan fingerprint density at radius 3 is 2.55 bits per heavy atom. The molecule has 0 N–H and O–H groups in total. The Morgan fingerprint density at radius 1 is 1.03 bits per heavy atom. The second-order valence-corrected chi connectivity index (χ2v) is 9.62. The van der Waals surface area contributed by atoms with Crippen LogP contribution in [-0.2, 0) is 24.0 Å². The fraction of sp³-hybridized carbons (Fsp3) is 0.480. The highest BCUT2D eigenvalue weighted by molar-refractivity contribution is 6.20. The van der Waals surface area contributed by atoms with E-state index in [0.717, 1.165) is 31.6 Å². The van der Waals surface area contributed by atoms with Crippen molar-refractivity contribution in [2.24, 2.45) is 0 Å². The minimum Gasteiger partial charge on any atom is -0.497 e. The Labute approximate surface area is 186 Å². The van der Waals surface area contributed by atoms with Crippen molar-refractivity contribution in [1.82, 2.24) is 4.90 Å². The number of carbonyl (C=O) groups is 1. The van der Waals surface area contributed by atoms with Crippen LogP contribution < -0.4 is 9.55 Å². The van der Waals surface area contributed by atoms with E-state index >= 15 is 0 Å². The van der Waals surface area contributed by atoms with E-state index in [0.29, 0.717) is 13.1 Å². The van der Waals surface area contributed by atoms with Gasteiger partial charge in [-0.2, -0.15) is 0 Å². The Balaban J connectivity index is 1.77. The van der Waals surface area contributed by atoms with E-state index in [1.54, 1.807) is 7.11 Å². The van der Waals surface area contributed by atoms with Gasteiger partial charge in [-0.1, -0.05) is 18.2 Å². The molecule has 2 aromatic rings. The minimum atomic E-state index is -0.482. The molecule has 164 valence electrons. The monoisotopic (exact) mass is 420 g/mol. The molecule has 6 heteroatoms. The fourth-order valence-corrected chi connectivity index (χ4v) is 4.80. The summed E-state index contributed by atoms with van der Waals surface area (Å²) in [7, 11) is 3.91. The number of aryl methyl sites for hydroxylation is 1. The van der Waals surface area contributed by atoms with Gasteiger partial charge in [0.2, 0.25) is 7.98 Å². The standard InChI is InChI=1S/C25H33BN2O3/c1-25(2,3)31-24(29)27-13-10-17-15-19-8-6-12-28(26)23(19)22(21(17)11-14-27)18-7-5-9-20(16-18)30-4/h5,7,9,15-16H,6,8,10-14,26H2,1-4H3. The molecule has 0 radical (unpaired) electrons. The third-order valence-corrected chi connectivity index (χ3v) is 6.19. The number of nitrogens with zero attached hydrogens (tertiary/aromatic N) is 2. The summed E-state index contributed by atoms with van der Waals surface area (Å²) in [5, 5.41) is 0. The first-order chi connectivity index (χ1) is 14.8. The average molecular weight is 420 g/mol. The SMILES string of the molecule is BN1CCCc2cc3c(c(-c4cccc(OC)c4)c21)CCN(C(=O)OC(C)(C)C)CC3. The van der Waals surface area contributed by atoms with Crippen molar-refractivity contribution in [3.63, 3.8) is 0 Å². The number of ether oxygens (including phenoxy) is 2. The number of hydrogen-bond acceptors (Lipinski definition) is 4. The van der Waals surface area contributed by atoms with Gasteiger partial charge in [0.1, 0.15) is 11.4 Å². The number of methoxy groups -OCH3 is 1. The molecule has 4 rings (SSSR count). The number of hydrogen-bond donors (Lipinski definition) is 0. The van der Waals surface area contributed by atoms with Crippen molar-refractivity contribution in [3.05, 3.63) is 47.0 Å². The largest absolute Gasteiger partial charge is 0.497 e. The first-order valence-electron chi connectivity index (χ1n) is 11.3. The van der Waals surface area contributed by atoms with Gasteiger partial charge in [0.05, 0.1) is 7.11 Å². The molecule has 0 unspecified atom stereocenters. The molecule has 0 spiro atoms. The molecule has 2 aromatic carbocycles. The number of amides is 1. The van der Waals surface area contributed by atoms with Crippen LogP contribution in [0, 0.1) is 0 Å². The zero-order valence-electron chi connectivity index (χ0n) is 19.5.